The third-order valence-electron chi connectivity index (χ3n) is 4.18. The Labute approximate surface area is 104 Å². The summed E-state index contributed by atoms with van der Waals surface area (Å²) in [6.45, 7) is 4.01. The van der Waals surface area contributed by atoms with E-state index in [1.807, 2.05) is 11.9 Å². The molecule has 0 saturated carbocycles. The first-order chi connectivity index (χ1) is 8.18. The monoisotopic (exact) mass is 239 g/mol. The Morgan fingerprint density at radius 2 is 2.24 bits per heavy atom. The first-order valence-corrected chi connectivity index (χ1v) is 6.84. The third kappa shape index (κ3) is 3.19. The van der Waals surface area contributed by atoms with Gasteiger partial charge in [-0.3, -0.25) is 4.79 Å². The lowest BCUT2D eigenvalue weighted by Crippen LogP contribution is -2.45. The number of rotatable bonds is 3. The van der Waals surface area contributed by atoms with E-state index in [-0.39, 0.29) is 5.92 Å². The van der Waals surface area contributed by atoms with E-state index in [1.54, 1.807) is 0 Å². The molecule has 2 aliphatic heterocycles. The van der Waals surface area contributed by atoms with Gasteiger partial charge in [-0.25, -0.2) is 0 Å². The van der Waals surface area contributed by atoms with Gasteiger partial charge in [0.25, 0.3) is 0 Å². The zero-order chi connectivity index (χ0) is 12.3. The second kappa shape index (κ2) is 5.83. The molecule has 0 spiro atoms. The minimum atomic E-state index is 0.209. The highest BCUT2D eigenvalue weighted by Gasteiger charge is 2.28. The predicted octanol–water partition coefficient (Wildman–Crippen LogP) is 0.539. The maximum Gasteiger partial charge on any atom is 0.226 e. The number of likely N-dealkylation sites (N-methyl/N-ethyl adjacent to an activating group) is 2. The largest absolute Gasteiger partial charge is 0.344 e. The molecule has 2 rings (SSSR count). The van der Waals surface area contributed by atoms with E-state index in [1.165, 1.54) is 19.4 Å². The van der Waals surface area contributed by atoms with Gasteiger partial charge in [0.15, 0.2) is 0 Å². The standard InChI is InChI=1S/C13H25N3O/c1-15-8-4-6-12(15)10-16(2)13(17)11-5-3-7-14-9-11/h11-12,14H,3-10H2,1-2H3. The van der Waals surface area contributed by atoms with Crippen LogP contribution in [0.1, 0.15) is 25.7 Å². The molecule has 2 heterocycles. The minimum Gasteiger partial charge on any atom is -0.344 e. The fraction of sp³-hybridized carbons (Fsp3) is 0.923. The second-order valence-electron chi connectivity index (χ2n) is 5.54. The van der Waals surface area contributed by atoms with Gasteiger partial charge in [0.05, 0.1) is 5.92 Å². The van der Waals surface area contributed by atoms with Gasteiger partial charge in [-0.15, -0.1) is 0 Å². The molecule has 2 atom stereocenters. The van der Waals surface area contributed by atoms with Crippen molar-refractivity contribution in [1.82, 2.24) is 15.1 Å². The van der Waals surface area contributed by atoms with Crippen LogP contribution in [0, 0.1) is 5.92 Å². The van der Waals surface area contributed by atoms with Crippen molar-refractivity contribution < 1.29 is 4.79 Å². The lowest BCUT2D eigenvalue weighted by Gasteiger charge is -2.30. The highest BCUT2D eigenvalue weighted by Crippen LogP contribution is 2.18. The molecule has 0 bridgehead atoms. The lowest BCUT2D eigenvalue weighted by molar-refractivity contribution is -0.135. The Bertz CT molecular complexity index is 263. The van der Waals surface area contributed by atoms with Crippen LogP contribution in [0.25, 0.3) is 0 Å². The summed E-state index contributed by atoms with van der Waals surface area (Å²) in [4.78, 5) is 16.6. The van der Waals surface area contributed by atoms with Crippen molar-refractivity contribution in [3.63, 3.8) is 0 Å². The molecule has 1 amide bonds. The van der Waals surface area contributed by atoms with Crippen LogP contribution < -0.4 is 5.32 Å². The van der Waals surface area contributed by atoms with E-state index in [2.05, 4.69) is 17.3 Å². The number of carbonyl (C=O) groups excluding carboxylic acids is 1. The van der Waals surface area contributed by atoms with Crippen LogP contribution in [0.5, 0.6) is 0 Å². The zero-order valence-corrected chi connectivity index (χ0v) is 11.1. The van der Waals surface area contributed by atoms with Gasteiger partial charge in [-0.2, -0.15) is 0 Å². The molecule has 2 unspecified atom stereocenters. The van der Waals surface area contributed by atoms with E-state index in [0.717, 1.165) is 32.5 Å². The summed E-state index contributed by atoms with van der Waals surface area (Å²) in [5.41, 5.74) is 0. The van der Waals surface area contributed by atoms with Crippen LogP contribution >= 0.6 is 0 Å². The van der Waals surface area contributed by atoms with Crippen molar-refractivity contribution in [3.05, 3.63) is 0 Å². The molecular weight excluding hydrogens is 214 g/mol. The summed E-state index contributed by atoms with van der Waals surface area (Å²) in [6.07, 6.45) is 4.69. The molecule has 1 N–H and O–H groups in total. The minimum absolute atomic E-state index is 0.209. The van der Waals surface area contributed by atoms with Gasteiger partial charge in [0.2, 0.25) is 5.91 Å². The number of hydrogen-bond acceptors (Lipinski definition) is 3. The molecule has 4 heteroatoms. The number of hydrogen-bond donors (Lipinski definition) is 1. The van der Waals surface area contributed by atoms with Crippen LogP contribution in [0.15, 0.2) is 0 Å². The summed E-state index contributed by atoms with van der Waals surface area (Å²) in [6, 6.07) is 0.570. The topological polar surface area (TPSA) is 35.6 Å². The maximum absolute atomic E-state index is 12.3. The van der Waals surface area contributed by atoms with Crippen molar-refractivity contribution in [2.24, 2.45) is 5.92 Å². The van der Waals surface area contributed by atoms with Crippen molar-refractivity contribution in [1.29, 1.82) is 0 Å². The highest BCUT2D eigenvalue weighted by molar-refractivity contribution is 5.79. The Kier molecular flexibility index (Phi) is 4.40. The molecule has 4 nitrogen and oxygen atoms in total. The van der Waals surface area contributed by atoms with E-state index >= 15 is 0 Å². The van der Waals surface area contributed by atoms with Crippen LogP contribution in [-0.2, 0) is 4.79 Å². The normalized spacial score (nSPS) is 30.5. The summed E-state index contributed by atoms with van der Waals surface area (Å²) in [5, 5.41) is 3.32. The van der Waals surface area contributed by atoms with Crippen molar-refractivity contribution >= 4 is 5.91 Å². The number of nitrogens with one attached hydrogen (secondary N) is 1. The van der Waals surface area contributed by atoms with Crippen LogP contribution in [0.4, 0.5) is 0 Å². The summed E-state index contributed by atoms with van der Waals surface area (Å²) in [7, 11) is 4.13. The van der Waals surface area contributed by atoms with Crippen LogP contribution in [-0.4, -0.2) is 62.0 Å². The van der Waals surface area contributed by atoms with Gasteiger partial charge in [-0.1, -0.05) is 0 Å². The summed E-state index contributed by atoms with van der Waals surface area (Å²) >= 11 is 0. The van der Waals surface area contributed by atoms with Crippen molar-refractivity contribution in [2.75, 3.05) is 40.3 Å². The van der Waals surface area contributed by atoms with Crippen LogP contribution in [0.2, 0.25) is 0 Å². The third-order valence-corrected chi connectivity index (χ3v) is 4.18. The molecule has 0 aliphatic carbocycles. The quantitative estimate of drug-likeness (QED) is 0.781. The molecule has 17 heavy (non-hydrogen) atoms. The van der Waals surface area contributed by atoms with Gasteiger partial charge >= 0.3 is 0 Å². The second-order valence-corrected chi connectivity index (χ2v) is 5.54. The van der Waals surface area contributed by atoms with Gasteiger partial charge in [-0.05, 0) is 45.8 Å². The zero-order valence-electron chi connectivity index (χ0n) is 11.1. The smallest absolute Gasteiger partial charge is 0.226 e. The summed E-state index contributed by atoms with van der Waals surface area (Å²) < 4.78 is 0. The molecule has 0 aromatic carbocycles. The Hall–Kier alpha value is -0.610. The Morgan fingerprint density at radius 1 is 1.41 bits per heavy atom. The first-order valence-electron chi connectivity index (χ1n) is 6.84. The SMILES string of the molecule is CN(CC1CCCN1C)C(=O)C1CCCNC1. The fourth-order valence-corrected chi connectivity index (χ4v) is 2.99. The van der Waals surface area contributed by atoms with Crippen LogP contribution in [0.3, 0.4) is 0 Å². The maximum atomic E-state index is 12.3. The van der Waals surface area contributed by atoms with Crippen molar-refractivity contribution in [2.45, 2.75) is 31.7 Å². The van der Waals surface area contributed by atoms with Gasteiger partial charge < -0.3 is 15.1 Å². The predicted molar refractivity (Wildman–Crippen MR) is 68.9 cm³/mol. The molecule has 2 saturated heterocycles. The van der Waals surface area contributed by atoms with Crippen molar-refractivity contribution in [3.8, 4) is 0 Å². The fourth-order valence-electron chi connectivity index (χ4n) is 2.99. The first kappa shape index (κ1) is 12.8. The number of amides is 1. The van der Waals surface area contributed by atoms with E-state index in [9.17, 15) is 4.79 Å². The van der Waals surface area contributed by atoms with E-state index in [4.69, 9.17) is 0 Å². The van der Waals surface area contributed by atoms with Gasteiger partial charge in [0, 0.05) is 26.2 Å². The molecule has 2 aliphatic rings. The molecular formula is C13H25N3O. The highest BCUT2D eigenvalue weighted by atomic mass is 16.2. The molecule has 98 valence electrons. The Balaban J connectivity index is 1.81. The Morgan fingerprint density at radius 3 is 2.82 bits per heavy atom. The molecule has 0 radical (unpaired) electrons. The molecule has 0 aromatic rings. The lowest BCUT2D eigenvalue weighted by atomic mass is 9.98. The molecule has 0 aromatic heterocycles. The number of piperidine rings is 1. The average molecular weight is 239 g/mol. The van der Waals surface area contributed by atoms with E-state index in [0.29, 0.717) is 11.9 Å². The van der Waals surface area contributed by atoms with E-state index < -0.39 is 0 Å². The molecule has 2 fully saturated rings. The van der Waals surface area contributed by atoms with Gasteiger partial charge in [0.1, 0.15) is 0 Å². The number of likely N-dealkylation sites (tertiary alicyclic amines) is 1. The number of nitrogens with zero attached hydrogens (tertiary/aromatic N) is 2. The average Bonchev–Trinajstić information content (AvgIpc) is 2.75. The number of carbonyl (C=O) groups is 1. The summed E-state index contributed by atoms with van der Waals surface area (Å²) in [5.74, 6) is 0.540.